The monoisotopic (exact) mass is 192 g/mol. The van der Waals surface area contributed by atoms with Gasteiger partial charge in [0.15, 0.2) is 0 Å². The van der Waals surface area contributed by atoms with Crippen LogP contribution in [-0.2, 0) is 4.74 Å². The zero-order valence-electron chi connectivity index (χ0n) is 7.35. The Morgan fingerprint density at radius 2 is 2.15 bits per heavy atom. The summed E-state index contributed by atoms with van der Waals surface area (Å²) < 4.78 is 5.45. The lowest BCUT2D eigenvalue weighted by Gasteiger charge is -2.00. The van der Waals surface area contributed by atoms with Crippen molar-refractivity contribution in [1.82, 2.24) is 0 Å². The van der Waals surface area contributed by atoms with Crippen molar-refractivity contribution < 1.29 is 4.74 Å². The second-order valence-corrected chi connectivity index (χ2v) is 4.09. The summed E-state index contributed by atoms with van der Waals surface area (Å²) in [7, 11) is 0. The highest BCUT2D eigenvalue weighted by molar-refractivity contribution is 8.00. The second kappa shape index (κ2) is 4.49. The zero-order valence-corrected chi connectivity index (χ0v) is 8.17. The van der Waals surface area contributed by atoms with Gasteiger partial charge in [0, 0.05) is 5.75 Å². The first-order valence-corrected chi connectivity index (χ1v) is 5.46. The van der Waals surface area contributed by atoms with E-state index in [1.165, 1.54) is 5.56 Å². The molecule has 2 rings (SSSR count). The molecule has 1 nitrogen and oxygen atoms in total. The highest BCUT2D eigenvalue weighted by Gasteiger charge is 2.11. The van der Waals surface area contributed by atoms with Crippen molar-refractivity contribution in [2.75, 3.05) is 12.4 Å². The van der Waals surface area contributed by atoms with Crippen LogP contribution in [-0.4, -0.2) is 17.8 Å². The molecule has 13 heavy (non-hydrogen) atoms. The Balaban J connectivity index is 1.97. The summed E-state index contributed by atoms with van der Waals surface area (Å²) in [4.78, 5) is 0. The number of hydrogen-bond acceptors (Lipinski definition) is 2. The standard InChI is InChI=1S/C11H12OS/c1-2-4-10(5-3-1)6-7-11-12-8-9-13-11/h1-7,11H,8-9H2. The Labute approximate surface area is 82.8 Å². The predicted octanol–water partition coefficient (Wildman–Crippen LogP) is 2.79. The molecule has 1 fully saturated rings. The summed E-state index contributed by atoms with van der Waals surface area (Å²) in [6.07, 6.45) is 4.23. The van der Waals surface area contributed by atoms with Gasteiger partial charge >= 0.3 is 0 Å². The van der Waals surface area contributed by atoms with E-state index in [2.05, 4.69) is 24.3 Å². The van der Waals surface area contributed by atoms with E-state index in [9.17, 15) is 0 Å². The van der Waals surface area contributed by atoms with Gasteiger partial charge in [-0.05, 0) is 11.6 Å². The minimum atomic E-state index is 0.264. The Morgan fingerprint density at radius 1 is 1.31 bits per heavy atom. The molecule has 0 N–H and O–H groups in total. The van der Waals surface area contributed by atoms with E-state index >= 15 is 0 Å². The normalized spacial score (nSPS) is 22.6. The molecular weight excluding hydrogens is 180 g/mol. The van der Waals surface area contributed by atoms with Crippen molar-refractivity contribution >= 4 is 17.8 Å². The van der Waals surface area contributed by atoms with E-state index in [-0.39, 0.29) is 5.44 Å². The average molecular weight is 192 g/mol. The minimum Gasteiger partial charge on any atom is -0.363 e. The van der Waals surface area contributed by atoms with Gasteiger partial charge in [-0.1, -0.05) is 36.4 Å². The molecule has 1 unspecified atom stereocenters. The van der Waals surface area contributed by atoms with E-state index in [1.54, 1.807) is 0 Å². The van der Waals surface area contributed by atoms with Crippen LogP contribution in [0.3, 0.4) is 0 Å². The molecule has 0 radical (unpaired) electrons. The smallest absolute Gasteiger partial charge is 0.121 e. The van der Waals surface area contributed by atoms with Gasteiger partial charge in [0.1, 0.15) is 5.44 Å². The van der Waals surface area contributed by atoms with Gasteiger partial charge in [-0.15, -0.1) is 11.8 Å². The van der Waals surface area contributed by atoms with E-state index < -0.39 is 0 Å². The summed E-state index contributed by atoms with van der Waals surface area (Å²) in [6.45, 7) is 0.883. The van der Waals surface area contributed by atoms with Gasteiger partial charge < -0.3 is 4.74 Å². The van der Waals surface area contributed by atoms with Crippen LogP contribution in [0.4, 0.5) is 0 Å². The maximum atomic E-state index is 5.45. The van der Waals surface area contributed by atoms with Gasteiger partial charge in [-0.3, -0.25) is 0 Å². The van der Waals surface area contributed by atoms with Crippen LogP contribution in [0, 0.1) is 0 Å². The minimum absolute atomic E-state index is 0.264. The molecule has 0 bridgehead atoms. The van der Waals surface area contributed by atoms with Crippen molar-refractivity contribution in [2.24, 2.45) is 0 Å². The van der Waals surface area contributed by atoms with E-state index in [0.29, 0.717) is 0 Å². The molecule has 1 atom stereocenters. The van der Waals surface area contributed by atoms with Crippen molar-refractivity contribution in [2.45, 2.75) is 5.44 Å². The molecule has 0 amide bonds. The van der Waals surface area contributed by atoms with E-state index in [1.807, 2.05) is 30.0 Å². The van der Waals surface area contributed by atoms with Crippen molar-refractivity contribution in [3.8, 4) is 0 Å². The first-order chi connectivity index (χ1) is 6.45. The fraction of sp³-hybridized carbons (Fsp3) is 0.273. The highest BCUT2D eigenvalue weighted by Crippen LogP contribution is 2.21. The lowest BCUT2D eigenvalue weighted by molar-refractivity contribution is 0.173. The SMILES string of the molecule is C(=CC1OCCS1)c1ccccc1. The van der Waals surface area contributed by atoms with Gasteiger partial charge in [0.05, 0.1) is 6.61 Å². The Hall–Kier alpha value is -0.730. The van der Waals surface area contributed by atoms with Crippen LogP contribution in [0.2, 0.25) is 0 Å². The van der Waals surface area contributed by atoms with Gasteiger partial charge in [0.25, 0.3) is 0 Å². The number of ether oxygens (including phenoxy) is 1. The summed E-state index contributed by atoms with van der Waals surface area (Å²) in [5.74, 6) is 1.11. The fourth-order valence-corrected chi connectivity index (χ4v) is 2.05. The van der Waals surface area contributed by atoms with E-state index in [0.717, 1.165) is 12.4 Å². The van der Waals surface area contributed by atoms with Crippen LogP contribution < -0.4 is 0 Å². The topological polar surface area (TPSA) is 9.23 Å². The fourth-order valence-electron chi connectivity index (χ4n) is 1.24. The number of benzene rings is 1. The summed E-state index contributed by atoms with van der Waals surface area (Å²) in [5.41, 5.74) is 1.50. The number of rotatable bonds is 2. The second-order valence-electron chi connectivity index (χ2n) is 2.88. The predicted molar refractivity (Wildman–Crippen MR) is 57.7 cm³/mol. The first kappa shape index (κ1) is 8.85. The molecule has 1 aliphatic heterocycles. The summed E-state index contributed by atoms with van der Waals surface area (Å²) in [5, 5.41) is 0. The van der Waals surface area contributed by atoms with Crippen molar-refractivity contribution in [1.29, 1.82) is 0 Å². The molecule has 2 heteroatoms. The largest absolute Gasteiger partial charge is 0.363 e. The maximum Gasteiger partial charge on any atom is 0.121 e. The molecule has 1 heterocycles. The zero-order chi connectivity index (χ0) is 8.93. The Kier molecular flexibility index (Phi) is 3.06. The molecule has 1 saturated heterocycles. The molecule has 0 aliphatic carbocycles. The third-order valence-corrected chi connectivity index (χ3v) is 2.92. The molecule has 0 aromatic heterocycles. The molecule has 68 valence electrons. The first-order valence-electron chi connectivity index (χ1n) is 4.41. The van der Waals surface area contributed by atoms with Crippen LogP contribution in [0.5, 0.6) is 0 Å². The van der Waals surface area contributed by atoms with Crippen LogP contribution in [0.25, 0.3) is 6.08 Å². The van der Waals surface area contributed by atoms with Crippen molar-refractivity contribution in [3.63, 3.8) is 0 Å². The van der Waals surface area contributed by atoms with E-state index in [4.69, 9.17) is 4.74 Å². The molecule has 0 spiro atoms. The molecule has 1 aromatic carbocycles. The highest BCUT2D eigenvalue weighted by atomic mass is 32.2. The van der Waals surface area contributed by atoms with Gasteiger partial charge in [-0.2, -0.15) is 0 Å². The average Bonchev–Trinajstić information content (AvgIpc) is 2.69. The third kappa shape index (κ3) is 2.61. The number of thioether (sulfide) groups is 1. The molecule has 1 aromatic rings. The lowest BCUT2D eigenvalue weighted by Crippen LogP contribution is -1.94. The molecule has 1 aliphatic rings. The van der Waals surface area contributed by atoms with Crippen molar-refractivity contribution in [3.05, 3.63) is 42.0 Å². The summed E-state index contributed by atoms with van der Waals surface area (Å²) in [6, 6.07) is 10.3. The van der Waals surface area contributed by atoms with Crippen LogP contribution >= 0.6 is 11.8 Å². The van der Waals surface area contributed by atoms with Crippen LogP contribution in [0.15, 0.2) is 36.4 Å². The summed E-state index contributed by atoms with van der Waals surface area (Å²) >= 11 is 1.85. The van der Waals surface area contributed by atoms with Crippen LogP contribution in [0.1, 0.15) is 5.56 Å². The van der Waals surface area contributed by atoms with Gasteiger partial charge in [0.2, 0.25) is 0 Å². The molecule has 0 saturated carbocycles. The lowest BCUT2D eigenvalue weighted by atomic mass is 10.2. The third-order valence-electron chi connectivity index (χ3n) is 1.89. The molecular formula is C11H12OS. The maximum absolute atomic E-state index is 5.45. The quantitative estimate of drug-likeness (QED) is 0.712. The Morgan fingerprint density at radius 3 is 2.85 bits per heavy atom. The van der Waals surface area contributed by atoms with Gasteiger partial charge in [-0.25, -0.2) is 0 Å². The Bertz CT molecular complexity index is 275. The number of hydrogen-bond donors (Lipinski definition) is 0.